The molecule has 0 aromatic heterocycles. The van der Waals surface area contributed by atoms with E-state index >= 15 is 0 Å². The lowest BCUT2D eigenvalue weighted by Gasteiger charge is -2.03. The van der Waals surface area contributed by atoms with Crippen LogP contribution in [-0.2, 0) is 20.2 Å². The maximum Gasteiger partial charge on any atom is 0.294 e. The fourth-order valence-corrected chi connectivity index (χ4v) is 3.21. The number of aryl methyl sites for hydroxylation is 1. The molecule has 0 fully saturated rings. The van der Waals surface area contributed by atoms with Gasteiger partial charge in [0.2, 0.25) is 0 Å². The Bertz CT molecular complexity index is 1140. The number of anilines is 2. The first-order valence-corrected chi connectivity index (χ1v) is 10.4. The van der Waals surface area contributed by atoms with Gasteiger partial charge in [-0.2, -0.15) is 16.8 Å². The Morgan fingerprint density at radius 2 is 1.19 bits per heavy atom. The van der Waals surface area contributed by atoms with Gasteiger partial charge in [-0.05, 0) is 59.7 Å². The van der Waals surface area contributed by atoms with Crippen LogP contribution >= 0.6 is 0 Å². The van der Waals surface area contributed by atoms with E-state index in [1.807, 2.05) is 19.1 Å². The maximum atomic E-state index is 10.9. The molecule has 6 N–H and O–H groups in total. The van der Waals surface area contributed by atoms with Crippen molar-refractivity contribution in [2.75, 3.05) is 11.5 Å². The van der Waals surface area contributed by atoms with E-state index in [-0.39, 0.29) is 15.2 Å². The van der Waals surface area contributed by atoms with Crippen LogP contribution in [0.4, 0.5) is 11.4 Å². The van der Waals surface area contributed by atoms with Crippen molar-refractivity contribution < 1.29 is 25.9 Å². The zero-order valence-corrected chi connectivity index (χ0v) is 15.8. The molecule has 0 saturated heterocycles. The first kappa shape index (κ1) is 20.6. The van der Waals surface area contributed by atoms with Crippen LogP contribution in [-0.4, -0.2) is 25.9 Å². The van der Waals surface area contributed by atoms with Crippen LogP contribution in [0.15, 0.2) is 64.4 Å². The van der Waals surface area contributed by atoms with Gasteiger partial charge in [0.25, 0.3) is 20.2 Å². The standard InChI is InChI=1S/C10H8O6S2.C7H10N2/c11-17(12,13)9-3-1-7-2-4-10(18(14,15)16)6-8(7)5-9;1-5-2-3-6(8)4-7(5)9/h1-6H,(H,11,12,13)(H,14,15,16);2-4H,8-9H2,1H3. The van der Waals surface area contributed by atoms with Crippen molar-refractivity contribution in [2.24, 2.45) is 0 Å². The van der Waals surface area contributed by atoms with Gasteiger partial charge in [-0.1, -0.05) is 18.2 Å². The SMILES string of the molecule is Cc1ccc(N)cc1N.O=S(=O)(O)c1ccc2ccc(S(=O)(=O)O)cc2c1. The van der Waals surface area contributed by atoms with Crippen molar-refractivity contribution in [3.63, 3.8) is 0 Å². The topological polar surface area (TPSA) is 161 Å². The van der Waals surface area contributed by atoms with Crippen molar-refractivity contribution in [2.45, 2.75) is 16.7 Å². The van der Waals surface area contributed by atoms with Crippen molar-refractivity contribution >= 4 is 42.4 Å². The molecule has 0 radical (unpaired) electrons. The number of hydrogen-bond acceptors (Lipinski definition) is 6. The summed E-state index contributed by atoms with van der Waals surface area (Å²) in [5, 5.41) is 0.857. The van der Waals surface area contributed by atoms with Crippen molar-refractivity contribution in [1.29, 1.82) is 0 Å². The molecule has 0 aliphatic heterocycles. The minimum atomic E-state index is -4.35. The smallest absolute Gasteiger partial charge is 0.294 e. The van der Waals surface area contributed by atoms with E-state index in [4.69, 9.17) is 20.6 Å². The average Bonchev–Trinajstić information content (AvgIpc) is 2.56. The number of benzene rings is 3. The molecule has 0 amide bonds. The van der Waals surface area contributed by atoms with Crippen LogP contribution in [0.1, 0.15) is 5.56 Å². The van der Waals surface area contributed by atoms with Gasteiger partial charge >= 0.3 is 0 Å². The van der Waals surface area contributed by atoms with Gasteiger partial charge in [-0.3, -0.25) is 9.11 Å². The summed E-state index contributed by atoms with van der Waals surface area (Å²) in [4.78, 5) is -0.690. The molecule has 27 heavy (non-hydrogen) atoms. The zero-order chi connectivity index (χ0) is 20.4. The normalized spacial score (nSPS) is 11.7. The largest absolute Gasteiger partial charge is 0.399 e. The summed E-state index contributed by atoms with van der Waals surface area (Å²) >= 11 is 0. The molecule has 144 valence electrons. The predicted molar refractivity (Wildman–Crippen MR) is 104 cm³/mol. The molecular weight excluding hydrogens is 392 g/mol. The molecule has 0 unspecified atom stereocenters. The molecule has 3 aromatic carbocycles. The lowest BCUT2D eigenvalue weighted by atomic mass is 10.1. The Morgan fingerprint density at radius 1 is 0.704 bits per heavy atom. The van der Waals surface area contributed by atoms with Gasteiger partial charge in [0, 0.05) is 11.4 Å². The number of fused-ring (bicyclic) bond motifs is 1. The van der Waals surface area contributed by atoms with Crippen LogP contribution in [0, 0.1) is 6.92 Å². The van der Waals surface area contributed by atoms with Gasteiger partial charge in [0.15, 0.2) is 0 Å². The van der Waals surface area contributed by atoms with E-state index in [0.717, 1.165) is 29.1 Å². The van der Waals surface area contributed by atoms with Crippen LogP contribution in [0.3, 0.4) is 0 Å². The molecule has 0 aliphatic rings. The molecule has 0 bridgehead atoms. The third kappa shape index (κ3) is 5.41. The third-order valence-electron chi connectivity index (χ3n) is 3.68. The summed E-state index contributed by atoms with van der Waals surface area (Å²) in [6, 6.07) is 13.0. The fraction of sp³-hybridized carbons (Fsp3) is 0.0588. The lowest BCUT2D eigenvalue weighted by molar-refractivity contribution is 0.481. The molecule has 0 saturated carbocycles. The van der Waals surface area contributed by atoms with E-state index in [0.29, 0.717) is 5.39 Å². The monoisotopic (exact) mass is 410 g/mol. The molecule has 0 aliphatic carbocycles. The van der Waals surface area contributed by atoms with Crippen molar-refractivity contribution in [1.82, 2.24) is 0 Å². The highest BCUT2D eigenvalue weighted by Crippen LogP contribution is 2.22. The quantitative estimate of drug-likeness (QED) is 0.370. The maximum absolute atomic E-state index is 10.9. The second-order valence-electron chi connectivity index (χ2n) is 5.74. The van der Waals surface area contributed by atoms with Gasteiger partial charge in [0.1, 0.15) is 0 Å². The van der Waals surface area contributed by atoms with Gasteiger partial charge < -0.3 is 11.5 Å². The van der Waals surface area contributed by atoms with Crippen molar-refractivity contribution in [3.05, 3.63) is 60.2 Å². The first-order chi connectivity index (χ1) is 12.4. The van der Waals surface area contributed by atoms with E-state index < -0.39 is 20.2 Å². The van der Waals surface area contributed by atoms with Crippen LogP contribution in [0.2, 0.25) is 0 Å². The van der Waals surface area contributed by atoms with E-state index in [1.54, 1.807) is 6.07 Å². The van der Waals surface area contributed by atoms with Crippen molar-refractivity contribution in [3.8, 4) is 0 Å². The van der Waals surface area contributed by atoms with Gasteiger partial charge in [-0.15, -0.1) is 0 Å². The average molecular weight is 410 g/mol. The van der Waals surface area contributed by atoms with Crippen LogP contribution < -0.4 is 11.5 Å². The molecule has 3 aromatic rings. The number of nitrogen functional groups attached to an aromatic ring is 2. The summed E-state index contributed by atoms with van der Waals surface area (Å²) in [5.74, 6) is 0. The minimum Gasteiger partial charge on any atom is -0.399 e. The summed E-state index contributed by atoms with van der Waals surface area (Å²) in [6.07, 6.45) is 0. The fourth-order valence-electron chi connectivity index (χ4n) is 2.18. The number of nitrogens with two attached hydrogens (primary N) is 2. The highest BCUT2D eigenvalue weighted by atomic mass is 32.2. The summed E-state index contributed by atoms with van der Waals surface area (Å²) in [5.41, 5.74) is 13.5. The molecule has 3 rings (SSSR count). The highest BCUT2D eigenvalue weighted by Gasteiger charge is 2.13. The summed E-state index contributed by atoms with van der Waals surface area (Å²) < 4.78 is 61.5. The van der Waals surface area contributed by atoms with E-state index in [9.17, 15) is 16.8 Å². The van der Waals surface area contributed by atoms with Gasteiger partial charge in [-0.25, -0.2) is 0 Å². The number of hydrogen-bond donors (Lipinski definition) is 4. The Hall–Kier alpha value is -2.66. The Labute approximate surface area is 156 Å². The minimum absolute atomic E-state index is 0.278. The second kappa shape index (κ2) is 7.53. The highest BCUT2D eigenvalue weighted by molar-refractivity contribution is 7.86. The first-order valence-electron chi connectivity index (χ1n) is 7.48. The molecule has 0 atom stereocenters. The van der Waals surface area contributed by atoms with Gasteiger partial charge in [0.05, 0.1) is 9.79 Å². The van der Waals surface area contributed by atoms with E-state index in [1.165, 1.54) is 24.3 Å². The molecular formula is C17H18N2O6S2. The Kier molecular flexibility index (Phi) is 5.76. The Morgan fingerprint density at radius 3 is 1.56 bits per heavy atom. The van der Waals surface area contributed by atoms with E-state index in [2.05, 4.69) is 0 Å². The summed E-state index contributed by atoms with van der Waals surface area (Å²) in [6.45, 7) is 1.95. The number of rotatable bonds is 2. The predicted octanol–water partition coefficient (Wildman–Crippen LogP) is 2.49. The summed E-state index contributed by atoms with van der Waals surface area (Å²) in [7, 11) is -8.71. The molecule has 8 nitrogen and oxygen atoms in total. The lowest BCUT2D eigenvalue weighted by Crippen LogP contribution is -1.99. The Balaban J connectivity index is 0.000000244. The second-order valence-corrected chi connectivity index (χ2v) is 8.58. The van der Waals surface area contributed by atoms with Crippen LogP contribution in [0.25, 0.3) is 10.8 Å². The molecule has 0 spiro atoms. The third-order valence-corrected chi connectivity index (χ3v) is 5.38. The molecule has 10 heteroatoms. The molecule has 0 heterocycles. The van der Waals surface area contributed by atoms with Crippen LogP contribution in [0.5, 0.6) is 0 Å². The zero-order valence-electron chi connectivity index (χ0n) is 14.2.